The Bertz CT molecular complexity index is 907. The Morgan fingerprint density at radius 1 is 0.635 bits per heavy atom. The maximum atomic E-state index is 12.8. The second-order valence-corrected chi connectivity index (χ2v) is 17.5. The number of phosphoric acid groups is 1. The number of carbonyl (C=O) groups is 1. The molecule has 0 bridgehead atoms. The van der Waals surface area contributed by atoms with Crippen LogP contribution in [-0.2, 0) is 18.4 Å². The Balaban J connectivity index is 4.45. The maximum absolute atomic E-state index is 12.8. The van der Waals surface area contributed by atoms with E-state index in [1.165, 1.54) is 122 Å². The molecule has 3 atom stereocenters. The Labute approximate surface area is 322 Å². The summed E-state index contributed by atoms with van der Waals surface area (Å²) >= 11 is 0. The fourth-order valence-corrected chi connectivity index (χ4v) is 6.89. The van der Waals surface area contributed by atoms with Crippen LogP contribution in [0.3, 0.4) is 0 Å². The molecule has 52 heavy (non-hydrogen) atoms. The summed E-state index contributed by atoms with van der Waals surface area (Å²) in [5, 5.41) is 13.8. The first-order valence-electron chi connectivity index (χ1n) is 21.7. The first-order chi connectivity index (χ1) is 25.0. The second-order valence-electron chi connectivity index (χ2n) is 16.1. The van der Waals surface area contributed by atoms with E-state index in [-0.39, 0.29) is 19.1 Å². The lowest BCUT2D eigenvalue weighted by atomic mass is 10.0. The SMILES string of the molecule is CCCCCC/C=C\CCCCCCCC(=O)NC(COP(=O)(O)OCC[N+](C)(C)C)C(O)/C=C/CCCCCCCCCCCCCCCCC. The molecule has 0 aromatic heterocycles. The number of amides is 1. The third-order valence-electron chi connectivity index (χ3n) is 9.67. The molecular formula is C43H86N2O6P+. The fraction of sp³-hybridized carbons (Fsp3) is 0.884. The fourth-order valence-electron chi connectivity index (χ4n) is 6.15. The lowest BCUT2D eigenvalue weighted by molar-refractivity contribution is -0.870. The highest BCUT2D eigenvalue weighted by Crippen LogP contribution is 2.43. The lowest BCUT2D eigenvalue weighted by Crippen LogP contribution is -2.45. The topological polar surface area (TPSA) is 105 Å². The molecule has 9 heteroatoms. The molecule has 308 valence electrons. The molecule has 0 spiro atoms. The summed E-state index contributed by atoms with van der Waals surface area (Å²) in [6.45, 7) is 4.79. The molecule has 0 rings (SSSR count). The van der Waals surface area contributed by atoms with Crippen LogP contribution in [0.15, 0.2) is 24.3 Å². The van der Waals surface area contributed by atoms with Crippen molar-refractivity contribution >= 4 is 13.7 Å². The Kier molecular flexibility index (Phi) is 35.0. The van der Waals surface area contributed by atoms with E-state index in [2.05, 4.69) is 31.3 Å². The highest BCUT2D eigenvalue weighted by Gasteiger charge is 2.27. The van der Waals surface area contributed by atoms with E-state index in [1.807, 2.05) is 27.2 Å². The molecule has 3 unspecified atom stereocenters. The van der Waals surface area contributed by atoms with Crippen LogP contribution in [0.5, 0.6) is 0 Å². The summed E-state index contributed by atoms with van der Waals surface area (Å²) in [7, 11) is 1.57. The predicted molar refractivity (Wildman–Crippen MR) is 221 cm³/mol. The van der Waals surface area contributed by atoms with Gasteiger partial charge in [-0.2, -0.15) is 0 Å². The zero-order valence-electron chi connectivity index (χ0n) is 34.8. The number of unbranched alkanes of at least 4 members (excludes halogenated alkanes) is 24. The zero-order valence-corrected chi connectivity index (χ0v) is 35.7. The Hall–Kier alpha value is -1.02. The van der Waals surface area contributed by atoms with Gasteiger partial charge in [0.25, 0.3) is 0 Å². The number of hydrogen-bond donors (Lipinski definition) is 3. The number of rotatable bonds is 39. The molecule has 1 amide bonds. The van der Waals surface area contributed by atoms with Gasteiger partial charge < -0.3 is 19.8 Å². The summed E-state index contributed by atoms with van der Waals surface area (Å²) < 4.78 is 23.5. The van der Waals surface area contributed by atoms with Crippen molar-refractivity contribution in [1.29, 1.82) is 0 Å². The van der Waals surface area contributed by atoms with Crippen molar-refractivity contribution in [3.05, 3.63) is 24.3 Å². The van der Waals surface area contributed by atoms with Gasteiger partial charge in [-0.1, -0.05) is 167 Å². The number of likely N-dealkylation sites (N-methyl/N-ethyl adjacent to an activating group) is 1. The summed E-state index contributed by atoms with van der Waals surface area (Å²) in [5.74, 6) is -0.187. The van der Waals surface area contributed by atoms with Gasteiger partial charge in [-0.25, -0.2) is 4.57 Å². The molecule has 0 aliphatic carbocycles. The number of hydrogen-bond acceptors (Lipinski definition) is 5. The van der Waals surface area contributed by atoms with E-state index < -0.39 is 20.0 Å². The number of quaternary nitrogens is 1. The van der Waals surface area contributed by atoms with E-state index in [1.54, 1.807) is 6.08 Å². The van der Waals surface area contributed by atoms with Crippen LogP contribution in [0, 0.1) is 0 Å². The minimum Gasteiger partial charge on any atom is -0.387 e. The average Bonchev–Trinajstić information content (AvgIpc) is 3.09. The van der Waals surface area contributed by atoms with E-state index in [4.69, 9.17) is 9.05 Å². The molecule has 8 nitrogen and oxygen atoms in total. The van der Waals surface area contributed by atoms with Gasteiger partial charge in [0.05, 0.1) is 39.9 Å². The number of allylic oxidation sites excluding steroid dienone is 3. The van der Waals surface area contributed by atoms with Gasteiger partial charge in [0, 0.05) is 6.42 Å². The minimum atomic E-state index is -4.33. The van der Waals surface area contributed by atoms with Crippen LogP contribution in [0.25, 0.3) is 0 Å². The Morgan fingerprint density at radius 2 is 1.04 bits per heavy atom. The molecule has 3 N–H and O–H groups in total. The molecule has 0 aliphatic heterocycles. The van der Waals surface area contributed by atoms with Crippen LogP contribution in [0.4, 0.5) is 0 Å². The van der Waals surface area contributed by atoms with Crippen molar-refractivity contribution in [3.8, 4) is 0 Å². The Morgan fingerprint density at radius 3 is 1.50 bits per heavy atom. The monoisotopic (exact) mass is 758 g/mol. The summed E-state index contributed by atoms with van der Waals surface area (Å²) in [4.78, 5) is 23.1. The van der Waals surface area contributed by atoms with Crippen LogP contribution in [0.1, 0.15) is 194 Å². The van der Waals surface area contributed by atoms with Gasteiger partial charge in [-0.3, -0.25) is 13.8 Å². The molecule has 0 saturated carbocycles. The summed E-state index contributed by atoms with van der Waals surface area (Å²) in [6.07, 6.45) is 40.9. The summed E-state index contributed by atoms with van der Waals surface area (Å²) in [6, 6.07) is -0.846. The smallest absolute Gasteiger partial charge is 0.387 e. The standard InChI is InChI=1S/C43H85N2O6P/c1-6-8-10-12-14-16-18-20-21-22-23-25-26-28-30-32-34-36-42(46)41(40-51-52(48,49)50-39-38-45(3,4)5)44-43(47)37-35-33-31-29-27-24-19-17-15-13-11-9-7-2/h17,19,34,36,41-42,46H,6-16,18,20-33,35,37-40H2,1-5H3,(H-,44,47,48,49)/p+1/b19-17-,36-34+. The second kappa shape index (κ2) is 35.7. The molecule has 0 fully saturated rings. The molecule has 0 saturated heterocycles. The number of carbonyl (C=O) groups excluding carboxylic acids is 1. The van der Waals surface area contributed by atoms with Crippen molar-refractivity contribution in [2.45, 2.75) is 206 Å². The van der Waals surface area contributed by atoms with Gasteiger partial charge >= 0.3 is 7.82 Å². The highest BCUT2D eigenvalue weighted by molar-refractivity contribution is 7.47. The number of nitrogens with one attached hydrogen (secondary N) is 1. The molecule has 0 aromatic rings. The van der Waals surface area contributed by atoms with Crippen molar-refractivity contribution in [2.24, 2.45) is 0 Å². The molecule has 0 aromatic carbocycles. The molecule has 0 radical (unpaired) electrons. The van der Waals surface area contributed by atoms with Crippen molar-refractivity contribution in [3.63, 3.8) is 0 Å². The van der Waals surface area contributed by atoms with Crippen LogP contribution in [0.2, 0.25) is 0 Å². The molecular weight excluding hydrogens is 671 g/mol. The van der Waals surface area contributed by atoms with Gasteiger partial charge in [-0.15, -0.1) is 0 Å². The minimum absolute atomic E-state index is 0.0609. The molecule has 0 heterocycles. The number of aliphatic hydroxyl groups is 1. The van der Waals surface area contributed by atoms with E-state index >= 15 is 0 Å². The zero-order chi connectivity index (χ0) is 38.6. The van der Waals surface area contributed by atoms with Crippen LogP contribution < -0.4 is 5.32 Å². The van der Waals surface area contributed by atoms with Crippen LogP contribution >= 0.6 is 7.82 Å². The van der Waals surface area contributed by atoms with Gasteiger partial charge in [0.2, 0.25) is 5.91 Å². The predicted octanol–water partition coefficient (Wildman–Crippen LogP) is 11.7. The highest BCUT2D eigenvalue weighted by atomic mass is 31.2. The van der Waals surface area contributed by atoms with Gasteiger partial charge in [0.15, 0.2) is 0 Å². The first kappa shape index (κ1) is 51.0. The van der Waals surface area contributed by atoms with E-state index in [0.717, 1.165) is 51.4 Å². The van der Waals surface area contributed by atoms with E-state index in [0.29, 0.717) is 17.4 Å². The summed E-state index contributed by atoms with van der Waals surface area (Å²) in [5.41, 5.74) is 0. The largest absolute Gasteiger partial charge is 0.472 e. The quantitative estimate of drug-likeness (QED) is 0.0250. The third kappa shape index (κ3) is 37.3. The van der Waals surface area contributed by atoms with Gasteiger partial charge in [0.1, 0.15) is 13.2 Å². The molecule has 0 aliphatic rings. The first-order valence-corrected chi connectivity index (χ1v) is 23.2. The number of nitrogens with zero attached hydrogens (tertiary/aromatic N) is 1. The lowest BCUT2D eigenvalue weighted by Gasteiger charge is -2.25. The maximum Gasteiger partial charge on any atom is 0.472 e. The van der Waals surface area contributed by atoms with Gasteiger partial charge in [-0.05, 0) is 44.9 Å². The number of aliphatic hydroxyl groups excluding tert-OH is 1. The van der Waals surface area contributed by atoms with E-state index in [9.17, 15) is 19.4 Å². The normalized spacial score (nSPS) is 14.7. The third-order valence-corrected chi connectivity index (χ3v) is 10.6. The van der Waals surface area contributed by atoms with Crippen molar-refractivity contribution in [1.82, 2.24) is 5.32 Å². The number of phosphoric ester groups is 1. The van der Waals surface area contributed by atoms with Crippen LogP contribution in [-0.4, -0.2) is 73.4 Å². The average molecular weight is 758 g/mol. The van der Waals surface area contributed by atoms with Crippen molar-refractivity contribution in [2.75, 3.05) is 40.9 Å². The van der Waals surface area contributed by atoms with Crippen molar-refractivity contribution < 1.29 is 32.9 Å².